The Morgan fingerprint density at radius 2 is 2.53 bits per heavy atom. The monoisotopic (exact) mass is 205 g/mol. The van der Waals surface area contributed by atoms with E-state index in [1.165, 1.54) is 6.26 Å². The van der Waals surface area contributed by atoms with Crippen LogP contribution < -0.4 is 5.32 Å². The first-order valence-corrected chi connectivity index (χ1v) is 4.67. The van der Waals surface area contributed by atoms with Crippen molar-refractivity contribution in [1.82, 2.24) is 9.78 Å². The number of furan rings is 1. The summed E-state index contributed by atoms with van der Waals surface area (Å²) in [7, 11) is 0. The van der Waals surface area contributed by atoms with Gasteiger partial charge in [0, 0.05) is 12.7 Å². The quantitative estimate of drug-likeness (QED) is 0.830. The minimum Gasteiger partial charge on any atom is -0.459 e. The first kappa shape index (κ1) is 9.51. The Labute approximate surface area is 86.7 Å². The van der Waals surface area contributed by atoms with Crippen molar-refractivity contribution in [1.29, 1.82) is 0 Å². The van der Waals surface area contributed by atoms with Gasteiger partial charge in [-0.25, -0.2) is 0 Å². The number of nitrogens with zero attached hydrogens (tertiary/aromatic N) is 2. The van der Waals surface area contributed by atoms with Crippen LogP contribution in [0.3, 0.4) is 0 Å². The van der Waals surface area contributed by atoms with Crippen molar-refractivity contribution in [2.24, 2.45) is 0 Å². The van der Waals surface area contributed by atoms with Crippen molar-refractivity contribution in [3.63, 3.8) is 0 Å². The van der Waals surface area contributed by atoms with Crippen LogP contribution in [0.1, 0.15) is 17.5 Å². The van der Waals surface area contributed by atoms with E-state index in [2.05, 4.69) is 10.4 Å². The Balaban J connectivity index is 2.06. The highest BCUT2D eigenvalue weighted by molar-refractivity contribution is 6.02. The van der Waals surface area contributed by atoms with Gasteiger partial charge in [0.15, 0.2) is 5.76 Å². The van der Waals surface area contributed by atoms with Crippen LogP contribution in [-0.2, 0) is 6.54 Å². The summed E-state index contributed by atoms with van der Waals surface area (Å²) in [4.78, 5) is 11.5. The Morgan fingerprint density at radius 1 is 1.67 bits per heavy atom. The Hall–Kier alpha value is -2.04. The number of carbonyl (C=O) groups excluding carboxylic acids is 1. The third-order valence-electron chi connectivity index (χ3n) is 1.96. The molecule has 0 aliphatic heterocycles. The summed E-state index contributed by atoms with van der Waals surface area (Å²) >= 11 is 0. The summed E-state index contributed by atoms with van der Waals surface area (Å²) in [6.45, 7) is 2.75. The fourth-order valence-electron chi connectivity index (χ4n) is 1.20. The van der Waals surface area contributed by atoms with E-state index < -0.39 is 0 Å². The van der Waals surface area contributed by atoms with Crippen molar-refractivity contribution in [2.45, 2.75) is 13.5 Å². The van der Waals surface area contributed by atoms with Gasteiger partial charge in [0.05, 0.1) is 18.1 Å². The van der Waals surface area contributed by atoms with Crippen LogP contribution in [-0.4, -0.2) is 15.7 Å². The Morgan fingerprint density at radius 3 is 3.13 bits per heavy atom. The Kier molecular flexibility index (Phi) is 2.53. The Bertz CT molecular complexity index is 445. The van der Waals surface area contributed by atoms with Crippen LogP contribution in [0.2, 0.25) is 0 Å². The summed E-state index contributed by atoms with van der Waals surface area (Å²) < 4.78 is 6.70. The molecule has 0 aromatic carbocycles. The SMILES string of the molecule is CCn1cc(NC(=O)c2ccco2)cn1. The molecule has 0 atom stereocenters. The molecule has 0 bridgehead atoms. The van der Waals surface area contributed by atoms with Crippen LogP contribution in [0.25, 0.3) is 0 Å². The molecule has 2 heterocycles. The number of aromatic nitrogens is 2. The van der Waals surface area contributed by atoms with Crippen molar-refractivity contribution < 1.29 is 9.21 Å². The molecule has 1 N–H and O–H groups in total. The summed E-state index contributed by atoms with van der Waals surface area (Å²) in [5, 5.41) is 6.72. The maximum atomic E-state index is 11.5. The molecule has 0 spiro atoms. The van der Waals surface area contributed by atoms with Crippen LogP contribution in [0.5, 0.6) is 0 Å². The number of aryl methyl sites for hydroxylation is 1. The largest absolute Gasteiger partial charge is 0.459 e. The molecule has 0 aliphatic rings. The first-order valence-electron chi connectivity index (χ1n) is 4.67. The van der Waals surface area contributed by atoms with E-state index in [1.807, 2.05) is 6.92 Å². The molecule has 0 radical (unpaired) electrons. The van der Waals surface area contributed by atoms with Crippen LogP contribution >= 0.6 is 0 Å². The van der Waals surface area contributed by atoms with E-state index in [1.54, 1.807) is 29.2 Å². The topological polar surface area (TPSA) is 60.1 Å². The lowest BCUT2D eigenvalue weighted by atomic mass is 10.4. The number of nitrogens with one attached hydrogen (secondary N) is 1. The smallest absolute Gasteiger partial charge is 0.291 e. The predicted molar refractivity (Wildman–Crippen MR) is 54.6 cm³/mol. The highest BCUT2D eigenvalue weighted by Gasteiger charge is 2.09. The van der Waals surface area contributed by atoms with Gasteiger partial charge in [-0.15, -0.1) is 0 Å². The van der Waals surface area contributed by atoms with Gasteiger partial charge in [-0.3, -0.25) is 9.48 Å². The molecular weight excluding hydrogens is 194 g/mol. The fourth-order valence-corrected chi connectivity index (χ4v) is 1.20. The van der Waals surface area contributed by atoms with Crippen molar-refractivity contribution in [2.75, 3.05) is 5.32 Å². The normalized spacial score (nSPS) is 10.2. The van der Waals surface area contributed by atoms with Crippen LogP contribution in [0.15, 0.2) is 35.2 Å². The molecule has 78 valence electrons. The van der Waals surface area contributed by atoms with Crippen molar-refractivity contribution >= 4 is 11.6 Å². The molecule has 5 heteroatoms. The second-order valence-corrected chi connectivity index (χ2v) is 3.02. The first-order chi connectivity index (χ1) is 7.29. The van der Waals surface area contributed by atoms with E-state index in [4.69, 9.17) is 4.42 Å². The van der Waals surface area contributed by atoms with E-state index in [0.717, 1.165) is 6.54 Å². The molecule has 5 nitrogen and oxygen atoms in total. The second-order valence-electron chi connectivity index (χ2n) is 3.02. The molecule has 0 fully saturated rings. The lowest BCUT2D eigenvalue weighted by molar-refractivity contribution is 0.0996. The fraction of sp³-hybridized carbons (Fsp3) is 0.200. The van der Waals surface area contributed by atoms with Gasteiger partial charge >= 0.3 is 0 Å². The van der Waals surface area contributed by atoms with Gasteiger partial charge in [0.2, 0.25) is 0 Å². The van der Waals surface area contributed by atoms with Gasteiger partial charge in [0.25, 0.3) is 5.91 Å². The van der Waals surface area contributed by atoms with Gasteiger partial charge in [-0.05, 0) is 19.1 Å². The molecule has 0 saturated carbocycles. The number of rotatable bonds is 3. The molecule has 0 unspecified atom stereocenters. The molecule has 0 saturated heterocycles. The summed E-state index contributed by atoms with van der Waals surface area (Å²) in [5.41, 5.74) is 0.665. The van der Waals surface area contributed by atoms with E-state index in [0.29, 0.717) is 11.4 Å². The third-order valence-corrected chi connectivity index (χ3v) is 1.96. The predicted octanol–water partition coefficient (Wildman–Crippen LogP) is 1.75. The summed E-state index contributed by atoms with van der Waals surface area (Å²) in [5.74, 6) is 0.0231. The standard InChI is InChI=1S/C10H11N3O2/c1-2-13-7-8(6-11-13)12-10(14)9-4-3-5-15-9/h3-7H,2H2,1H3,(H,12,14). The molecule has 0 aliphatic carbocycles. The highest BCUT2D eigenvalue weighted by atomic mass is 16.3. The zero-order chi connectivity index (χ0) is 10.7. The zero-order valence-corrected chi connectivity index (χ0v) is 8.30. The number of hydrogen-bond acceptors (Lipinski definition) is 3. The number of anilines is 1. The van der Waals surface area contributed by atoms with Gasteiger partial charge in [0.1, 0.15) is 0 Å². The molecule has 15 heavy (non-hydrogen) atoms. The minimum atomic E-state index is -0.268. The minimum absolute atomic E-state index is 0.268. The van der Waals surface area contributed by atoms with Gasteiger partial charge < -0.3 is 9.73 Å². The summed E-state index contributed by atoms with van der Waals surface area (Å²) in [6.07, 6.45) is 4.83. The van der Waals surface area contributed by atoms with Crippen LogP contribution in [0.4, 0.5) is 5.69 Å². The number of carbonyl (C=O) groups is 1. The van der Waals surface area contributed by atoms with Crippen LogP contribution in [0, 0.1) is 0 Å². The van der Waals surface area contributed by atoms with E-state index in [9.17, 15) is 4.79 Å². The van der Waals surface area contributed by atoms with E-state index in [-0.39, 0.29) is 5.91 Å². The zero-order valence-electron chi connectivity index (χ0n) is 8.30. The lowest BCUT2D eigenvalue weighted by Gasteiger charge is -1.97. The number of hydrogen-bond donors (Lipinski definition) is 1. The number of amides is 1. The summed E-state index contributed by atoms with van der Waals surface area (Å²) in [6, 6.07) is 3.28. The molecular formula is C10H11N3O2. The average Bonchev–Trinajstić information content (AvgIpc) is 2.87. The van der Waals surface area contributed by atoms with Gasteiger partial charge in [-0.2, -0.15) is 5.10 Å². The highest BCUT2D eigenvalue weighted by Crippen LogP contribution is 2.08. The van der Waals surface area contributed by atoms with Gasteiger partial charge in [-0.1, -0.05) is 0 Å². The maximum absolute atomic E-state index is 11.5. The van der Waals surface area contributed by atoms with E-state index >= 15 is 0 Å². The molecule has 2 rings (SSSR count). The molecule has 2 aromatic heterocycles. The third kappa shape index (κ3) is 2.07. The lowest BCUT2D eigenvalue weighted by Crippen LogP contribution is -2.10. The van der Waals surface area contributed by atoms with Crippen molar-refractivity contribution in [3.05, 3.63) is 36.5 Å². The van der Waals surface area contributed by atoms with Crippen molar-refractivity contribution in [3.8, 4) is 0 Å². The second kappa shape index (κ2) is 4.00. The average molecular weight is 205 g/mol. The molecule has 2 aromatic rings. The molecule has 1 amide bonds. The maximum Gasteiger partial charge on any atom is 0.291 e.